The molecule has 0 unspecified atom stereocenters. The molecule has 5 nitrogen and oxygen atoms in total. The van der Waals surface area contributed by atoms with Gasteiger partial charge in [-0.2, -0.15) is 13.2 Å². The van der Waals surface area contributed by atoms with Crippen molar-refractivity contribution in [1.82, 2.24) is 15.2 Å². The molecule has 1 amide bonds. The number of nitrogens with one attached hydrogen (secondary N) is 1. The van der Waals surface area contributed by atoms with Crippen molar-refractivity contribution in [2.24, 2.45) is 5.92 Å². The van der Waals surface area contributed by atoms with Crippen LogP contribution in [0.3, 0.4) is 0 Å². The van der Waals surface area contributed by atoms with E-state index in [-0.39, 0.29) is 10.7 Å². The van der Waals surface area contributed by atoms with Crippen LogP contribution in [0.15, 0.2) is 36.4 Å². The predicted octanol–water partition coefficient (Wildman–Crippen LogP) is 5.27. The number of amides is 1. The maximum absolute atomic E-state index is 12.9. The number of nitrogens with zero attached hydrogens (tertiary/aromatic N) is 2. The van der Waals surface area contributed by atoms with Crippen molar-refractivity contribution in [1.29, 1.82) is 0 Å². The number of thiophene rings is 1. The van der Waals surface area contributed by atoms with Gasteiger partial charge in [0.2, 0.25) is 0 Å². The Morgan fingerprint density at radius 2 is 1.88 bits per heavy atom. The number of hydrogen-bond acceptors (Lipinski definition) is 5. The minimum Gasteiger partial charge on any atom is -0.497 e. The summed E-state index contributed by atoms with van der Waals surface area (Å²) >= 11 is 1.01. The molecule has 1 aromatic carbocycles. The molecule has 3 heterocycles. The lowest BCUT2D eigenvalue weighted by molar-refractivity contribution is -0.140. The van der Waals surface area contributed by atoms with Gasteiger partial charge in [0.15, 0.2) is 0 Å². The fraction of sp³-hybridized carbons (Fsp3) is 0.417. The fourth-order valence-electron chi connectivity index (χ4n) is 4.13. The number of aryl methyl sites for hydroxylation is 1. The Hall–Kier alpha value is -2.65. The van der Waals surface area contributed by atoms with Crippen molar-refractivity contribution in [3.8, 4) is 5.75 Å². The van der Waals surface area contributed by atoms with Crippen molar-refractivity contribution in [2.75, 3.05) is 26.7 Å². The van der Waals surface area contributed by atoms with Crippen LogP contribution in [0.4, 0.5) is 13.2 Å². The average Bonchev–Trinajstić information content (AvgIpc) is 3.14. The van der Waals surface area contributed by atoms with Gasteiger partial charge >= 0.3 is 6.18 Å². The first kappa shape index (κ1) is 23.5. The van der Waals surface area contributed by atoms with E-state index in [9.17, 15) is 18.0 Å². The Bertz CT molecular complexity index is 1120. The number of benzene rings is 1. The molecule has 0 aliphatic carbocycles. The Morgan fingerprint density at radius 1 is 1.18 bits per heavy atom. The molecule has 1 aliphatic rings. The van der Waals surface area contributed by atoms with Gasteiger partial charge in [-0.25, -0.2) is 4.98 Å². The first-order valence-electron chi connectivity index (χ1n) is 10.9. The van der Waals surface area contributed by atoms with Crippen LogP contribution in [-0.4, -0.2) is 42.5 Å². The normalized spacial score (nSPS) is 15.7. The van der Waals surface area contributed by atoms with Crippen LogP contribution in [0, 0.1) is 12.8 Å². The van der Waals surface area contributed by atoms with E-state index < -0.39 is 11.9 Å². The summed E-state index contributed by atoms with van der Waals surface area (Å²) in [6.45, 7) is 5.11. The number of aromatic nitrogens is 1. The van der Waals surface area contributed by atoms with Crippen LogP contribution in [0.2, 0.25) is 0 Å². The van der Waals surface area contributed by atoms with E-state index in [4.69, 9.17) is 4.74 Å². The number of pyridine rings is 1. The van der Waals surface area contributed by atoms with Crippen LogP contribution >= 0.6 is 11.3 Å². The third-order valence-corrected chi connectivity index (χ3v) is 7.32. The monoisotopic (exact) mass is 477 g/mol. The Kier molecular flexibility index (Phi) is 6.90. The Labute approximate surface area is 194 Å². The maximum Gasteiger partial charge on any atom is 0.433 e. The lowest BCUT2D eigenvalue weighted by atomic mass is 9.96. The number of carbonyl (C=O) groups excluding carboxylic acids is 1. The lowest BCUT2D eigenvalue weighted by Gasteiger charge is -2.32. The number of fused-ring (bicyclic) bond motifs is 1. The summed E-state index contributed by atoms with van der Waals surface area (Å²) in [5.74, 6) is 0.981. The molecule has 4 rings (SSSR count). The molecule has 1 N–H and O–H groups in total. The number of likely N-dealkylation sites (tertiary alicyclic amines) is 1. The van der Waals surface area contributed by atoms with Crippen LogP contribution < -0.4 is 10.1 Å². The van der Waals surface area contributed by atoms with Gasteiger partial charge in [-0.1, -0.05) is 12.1 Å². The molecule has 3 aromatic rings. The molecule has 1 fully saturated rings. The molecule has 0 saturated carbocycles. The van der Waals surface area contributed by atoms with Gasteiger partial charge in [0.05, 0.1) is 12.0 Å². The number of alkyl halides is 3. The first-order chi connectivity index (χ1) is 15.7. The van der Waals surface area contributed by atoms with Gasteiger partial charge < -0.3 is 10.1 Å². The Morgan fingerprint density at radius 3 is 2.52 bits per heavy atom. The molecule has 0 spiro atoms. The predicted molar refractivity (Wildman–Crippen MR) is 123 cm³/mol. The van der Waals surface area contributed by atoms with Gasteiger partial charge in [0, 0.05) is 18.5 Å². The number of carbonyl (C=O) groups is 1. The zero-order valence-electron chi connectivity index (χ0n) is 18.5. The molecule has 1 saturated heterocycles. The van der Waals surface area contributed by atoms with E-state index >= 15 is 0 Å². The standard InChI is InChI=1S/C24H26F3N3O2S/c1-15-19-7-8-20(24(25,26)27)29-23(19)33-21(15)22(31)28-13-16-9-11-30(12-10-16)14-17-3-5-18(32-2)6-4-17/h3-8,16H,9-14H2,1-2H3,(H,28,31). The molecule has 176 valence electrons. The van der Waals surface area contributed by atoms with Crippen molar-refractivity contribution >= 4 is 27.5 Å². The van der Waals surface area contributed by atoms with E-state index in [1.165, 1.54) is 11.6 Å². The summed E-state index contributed by atoms with van der Waals surface area (Å²) in [6, 6.07) is 10.4. The van der Waals surface area contributed by atoms with Crippen molar-refractivity contribution in [2.45, 2.75) is 32.5 Å². The van der Waals surface area contributed by atoms with Gasteiger partial charge in [0.25, 0.3) is 5.91 Å². The summed E-state index contributed by atoms with van der Waals surface area (Å²) in [4.78, 5) is 19.5. The first-order valence-corrected chi connectivity index (χ1v) is 11.7. The van der Waals surface area contributed by atoms with Crippen LogP contribution in [0.1, 0.15) is 39.3 Å². The van der Waals surface area contributed by atoms with Crippen LogP contribution in [0.5, 0.6) is 5.75 Å². The van der Waals surface area contributed by atoms with Crippen molar-refractivity contribution < 1.29 is 22.7 Å². The summed E-state index contributed by atoms with van der Waals surface area (Å²) in [5.41, 5.74) is 0.970. The molecule has 2 aromatic heterocycles. The van der Waals surface area contributed by atoms with E-state index in [1.807, 2.05) is 12.1 Å². The molecule has 1 aliphatic heterocycles. The molecule has 9 heteroatoms. The minimum absolute atomic E-state index is 0.235. The second kappa shape index (κ2) is 9.69. The second-order valence-corrected chi connectivity index (χ2v) is 9.38. The smallest absolute Gasteiger partial charge is 0.433 e. The highest BCUT2D eigenvalue weighted by atomic mass is 32.1. The average molecular weight is 478 g/mol. The summed E-state index contributed by atoms with van der Waals surface area (Å²) in [7, 11) is 1.65. The molecular formula is C24H26F3N3O2S. The minimum atomic E-state index is -4.50. The SMILES string of the molecule is COc1ccc(CN2CCC(CNC(=O)c3sc4nc(C(F)(F)F)ccc4c3C)CC2)cc1. The van der Waals surface area contributed by atoms with Gasteiger partial charge in [-0.05, 0) is 74.2 Å². The van der Waals surface area contributed by atoms with Crippen molar-refractivity contribution in [3.63, 3.8) is 0 Å². The van der Waals surface area contributed by atoms with Crippen LogP contribution in [-0.2, 0) is 12.7 Å². The highest BCUT2D eigenvalue weighted by Gasteiger charge is 2.33. The number of ether oxygens (including phenoxy) is 1. The summed E-state index contributed by atoms with van der Waals surface area (Å²) in [5, 5.41) is 3.57. The largest absolute Gasteiger partial charge is 0.497 e. The van der Waals surface area contributed by atoms with Crippen LogP contribution in [0.25, 0.3) is 10.2 Å². The van der Waals surface area contributed by atoms with Gasteiger partial charge in [0.1, 0.15) is 16.3 Å². The number of hydrogen-bond donors (Lipinski definition) is 1. The number of halogens is 3. The number of methoxy groups -OCH3 is 1. The molecule has 33 heavy (non-hydrogen) atoms. The lowest BCUT2D eigenvalue weighted by Crippen LogP contribution is -2.38. The number of rotatable bonds is 6. The molecule has 0 atom stereocenters. The number of piperidine rings is 1. The van der Waals surface area contributed by atoms with E-state index in [0.717, 1.165) is 55.6 Å². The quantitative estimate of drug-likeness (QED) is 0.525. The highest BCUT2D eigenvalue weighted by Crippen LogP contribution is 2.34. The highest BCUT2D eigenvalue weighted by molar-refractivity contribution is 7.20. The zero-order valence-corrected chi connectivity index (χ0v) is 19.4. The van der Waals surface area contributed by atoms with E-state index in [0.29, 0.717) is 28.3 Å². The van der Waals surface area contributed by atoms with Crippen molar-refractivity contribution in [3.05, 3.63) is 58.1 Å². The summed E-state index contributed by atoms with van der Waals surface area (Å²) < 4.78 is 44.0. The van der Waals surface area contributed by atoms with E-state index in [1.54, 1.807) is 14.0 Å². The topological polar surface area (TPSA) is 54.5 Å². The van der Waals surface area contributed by atoms with Gasteiger partial charge in [-0.15, -0.1) is 11.3 Å². The summed E-state index contributed by atoms with van der Waals surface area (Å²) in [6.07, 6.45) is -2.53. The zero-order chi connectivity index (χ0) is 23.6. The molecular weight excluding hydrogens is 451 g/mol. The second-order valence-electron chi connectivity index (χ2n) is 8.38. The molecule has 0 bridgehead atoms. The fourth-order valence-corrected chi connectivity index (χ4v) is 5.23. The molecule has 0 radical (unpaired) electrons. The van der Waals surface area contributed by atoms with Gasteiger partial charge in [-0.3, -0.25) is 9.69 Å². The Balaban J connectivity index is 1.30. The maximum atomic E-state index is 12.9. The van der Waals surface area contributed by atoms with E-state index in [2.05, 4.69) is 27.3 Å². The third-order valence-electron chi connectivity index (χ3n) is 6.12. The third kappa shape index (κ3) is 5.47.